The zero-order valence-corrected chi connectivity index (χ0v) is 19.8. The number of likely N-dealkylation sites (tertiary alicyclic amines) is 1. The van der Waals surface area contributed by atoms with Gasteiger partial charge in [0.25, 0.3) is 0 Å². The van der Waals surface area contributed by atoms with Gasteiger partial charge in [0.15, 0.2) is 0 Å². The van der Waals surface area contributed by atoms with Crippen molar-refractivity contribution in [1.82, 2.24) is 4.90 Å². The zero-order chi connectivity index (χ0) is 22.0. The molecule has 3 heterocycles. The van der Waals surface area contributed by atoms with Gasteiger partial charge in [-0.05, 0) is 71.3 Å². The first kappa shape index (κ1) is 21.9. The van der Waals surface area contributed by atoms with Gasteiger partial charge in [-0.1, -0.05) is 11.6 Å². The molecule has 0 bridgehead atoms. The molecular weight excluding hydrogens is 394 g/mol. The lowest BCUT2D eigenvalue weighted by atomic mass is 9.57. The van der Waals surface area contributed by atoms with E-state index in [0.717, 1.165) is 25.9 Å². The van der Waals surface area contributed by atoms with E-state index in [1.54, 1.807) is 7.11 Å². The zero-order valence-electron chi connectivity index (χ0n) is 19.8. The summed E-state index contributed by atoms with van der Waals surface area (Å²) in [6.45, 7) is 9.54. The third-order valence-electron chi connectivity index (χ3n) is 8.63. The SMILES string of the molecule is CO[C@@H]1[C@H](OC(=O)CC2CC3(C2)CN(C)C3)CC[C@]2(CO2)[C@H]1[C@@]1(C)O[C@@H]1CC=C(C)C. The minimum absolute atomic E-state index is 0.0612. The van der Waals surface area contributed by atoms with Crippen LogP contribution < -0.4 is 0 Å². The van der Waals surface area contributed by atoms with Crippen LogP contribution in [0.1, 0.15) is 59.3 Å². The molecule has 6 heteroatoms. The third-order valence-corrected chi connectivity index (χ3v) is 8.63. The second-order valence-corrected chi connectivity index (χ2v) is 11.6. The van der Waals surface area contributed by atoms with Gasteiger partial charge >= 0.3 is 5.97 Å². The molecule has 5 aliphatic rings. The van der Waals surface area contributed by atoms with E-state index >= 15 is 0 Å². The monoisotopic (exact) mass is 433 g/mol. The standard InChI is InChI=1S/C25H39NO5/c1-16(2)6-7-19-23(3,31-19)22-21(28-5)18(8-9-25(22)15-29-25)30-20(27)10-17-11-24(12-17)13-26(4)14-24/h6,17-19,21-22H,7-15H2,1-5H3/t18-,19-,21-,22-,23+,25+/m1/s1. The van der Waals surface area contributed by atoms with Gasteiger partial charge in [0.2, 0.25) is 0 Å². The molecule has 0 N–H and O–H groups in total. The smallest absolute Gasteiger partial charge is 0.306 e. The summed E-state index contributed by atoms with van der Waals surface area (Å²) in [6, 6.07) is 0. The maximum atomic E-state index is 12.8. The van der Waals surface area contributed by atoms with E-state index in [1.165, 1.54) is 31.5 Å². The number of esters is 1. The first-order valence-corrected chi connectivity index (χ1v) is 12.0. The topological polar surface area (TPSA) is 63.8 Å². The normalized spacial score (nSPS) is 43.3. The summed E-state index contributed by atoms with van der Waals surface area (Å²) in [6.07, 6.45) is 7.51. The Labute approximate surface area is 186 Å². The van der Waals surface area contributed by atoms with E-state index in [1.807, 2.05) is 0 Å². The van der Waals surface area contributed by atoms with Crippen LogP contribution in [0.4, 0.5) is 0 Å². The predicted molar refractivity (Wildman–Crippen MR) is 117 cm³/mol. The van der Waals surface area contributed by atoms with Crippen LogP contribution in [0.5, 0.6) is 0 Å². The number of rotatable bonds is 7. The van der Waals surface area contributed by atoms with Crippen LogP contribution >= 0.6 is 0 Å². The van der Waals surface area contributed by atoms with E-state index in [-0.39, 0.29) is 41.4 Å². The minimum Gasteiger partial charge on any atom is -0.460 e. The van der Waals surface area contributed by atoms with Gasteiger partial charge in [-0.2, -0.15) is 0 Å². The van der Waals surface area contributed by atoms with E-state index in [9.17, 15) is 4.79 Å². The number of hydrogen-bond donors (Lipinski definition) is 0. The highest BCUT2D eigenvalue weighted by atomic mass is 16.6. The van der Waals surface area contributed by atoms with Crippen LogP contribution in [0.25, 0.3) is 0 Å². The van der Waals surface area contributed by atoms with Crippen molar-refractivity contribution < 1.29 is 23.7 Å². The lowest BCUT2D eigenvalue weighted by molar-refractivity contribution is -0.176. The summed E-state index contributed by atoms with van der Waals surface area (Å²) in [4.78, 5) is 15.2. The van der Waals surface area contributed by atoms with Crippen molar-refractivity contribution in [2.45, 2.75) is 88.8 Å². The van der Waals surface area contributed by atoms with Crippen molar-refractivity contribution in [1.29, 1.82) is 0 Å². The number of hydrogen-bond acceptors (Lipinski definition) is 6. The highest BCUT2D eigenvalue weighted by molar-refractivity contribution is 5.70. The molecule has 0 unspecified atom stereocenters. The molecule has 0 radical (unpaired) electrons. The van der Waals surface area contributed by atoms with E-state index in [0.29, 0.717) is 17.8 Å². The highest BCUT2D eigenvalue weighted by Crippen LogP contribution is 2.60. The van der Waals surface area contributed by atoms with E-state index in [2.05, 4.69) is 38.8 Å². The summed E-state index contributed by atoms with van der Waals surface area (Å²) in [5.41, 5.74) is 1.35. The van der Waals surface area contributed by atoms with Gasteiger partial charge < -0.3 is 23.8 Å². The van der Waals surface area contributed by atoms with Crippen molar-refractivity contribution in [2.75, 3.05) is 33.9 Å². The minimum atomic E-state index is -0.287. The van der Waals surface area contributed by atoms with Crippen LogP contribution in [0.2, 0.25) is 0 Å². The molecule has 0 amide bonds. The third kappa shape index (κ3) is 3.88. The Kier molecular flexibility index (Phi) is 5.32. The number of allylic oxidation sites excluding steroid dienone is 1. The summed E-state index contributed by atoms with van der Waals surface area (Å²) in [5.74, 6) is 0.510. The maximum absolute atomic E-state index is 12.8. The number of epoxide rings is 2. The Balaban J connectivity index is 1.20. The second kappa shape index (κ2) is 7.54. The maximum Gasteiger partial charge on any atom is 0.306 e. The summed E-state index contributed by atoms with van der Waals surface area (Å²) in [7, 11) is 3.90. The Hall–Kier alpha value is -0.950. The molecule has 5 rings (SSSR count). The number of carbonyl (C=O) groups excluding carboxylic acids is 1. The summed E-state index contributed by atoms with van der Waals surface area (Å²) >= 11 is 0. The van der Waals surface area contributed by atoms with Gasteiger partial charge in [-0.25, -0.2) is 0 Å². The molecule has 0 aromatic carbocycles. The molecule has 3 saturated heterocycles. The van der Waals surface area contributed by atoms with Crippen LogP contribution in [0, 0.1) is 17.3 Å². The molecule has 174 valence electrons. The fourth-order valence-corrected chi connectivity index (χ4v) is 7.19. The lowest BCUT2D eigenvalue weighted by Gasteiger charge is -2.58. The fourth-order valence-electron chi connectivity index (χ4n) is 7.19. The molecule has 6 nitrogen and oxygen atoms in total. The van der Waals surface area contributed by atoms with Crippen LogP contribution in [-0.4, -0.2) is 74.2 Å². The summed E-state index contributed by atoms with van der Waals surface area (Å²) in [5, 5.41) is 0. The molecule has 2 spiro atoms. The van der Waals surface area contributed by atoms with Crippen molar-refractivity contribution >= 4 is 5.97 Å². The van der Waals surface area contributed by atoms with E-state index < -0.39 is 0 Å². The largest absolute Gasteiger partial charge is 0.460 e. The second-order valence-electron chi connectivity index (χ2n) is 11.6. The summed E-state index contributed by atoms with van der Waals surface area (Å²) < 4.78 is 24.3. The van der Waals surface area contributed by atoms with E-state index in [4.69, 9.17) is 18.9 Å². The quantitative estimate of drug-likeness (QED) is 0.349. The first-order valence-electron chi connectivity index (χ1n) is 12.0. The van der Waals surface area contributed by atoms with Crippen LogP contribution in [0.15, 0.2) is 11.6 Å². The number of carbonyl (C=O) groups is 1. The molecular formula is C25H39NO5. The first-order chi connectivity index (χ1) is 14.7. The van der Waals surface area contributed by atoms with Gasteiger partial charge in [-0.3, -0.25) is 4.79 Å². The molecule has 5 fully saturated rings. The van der Waals surface area contributed by atoms with Gasteiger partial charge in [0.1, 0.15) is 23.4 Å². The molecule has 6 atom stereocenters. The van der Waals surface area contributed by atoms with Gasteiger partial charge in [0, 0.05) is 26.6 Å². The Bertz CT molecular complexity index is 743. The number of methoxy groups -OCH3 is 1. The molecule has 3 aliphatic heterocycles. The average Bonchev–Trinajstić information content (AvgIpc) is 3.56. The molecule has 0 aromatic rings. The number of nitrogens with zero attached hydrogens (tertiary/aromatic N) is 1. The van der Waals surface area contributed by atoms with Crippen molar-refractivity contribution in [2.24, 2.45) is 17.3 Å². The van der Waals surface area contributed by atoms with Crippen molar-refractivity contribution in [3.63, 3.8) is 0 Å². The van der Waals surface area contributed by atoms with Crippen molar-refractivity contribution in [3.8, 4) is 0 Å². The highest BCUT2D eigenvalue weighted by Gasteiger charge is 2.72. The van der Waals surface area contributed by atoms with Gasteiger partial charge in [-0.15, -0.1) is 0 Å². The molecule has 2 aliphatic carbocycles. The van der Waals surface area contributed by atoms with Gasteiger partial charge in [0.05, 0.1) is 18.6 Å². The fraction of sp³-hybridized carbons (Fsp3) is 0.880. The Morgan fingerprint density at radius 3 is 2.55 bits per heavy atom. The predicted octanol–water partition coefficient (Wildman–Crippen LogP) is 3.34. The molecule has 0 aromatic heterocycles. The molecule has 2 saturated carbocycles. The molecule has 31 heavy (non-hydrogen) atoms. The average molecular weight is 434 g/mol. The Morgan fingerprint density at radius 1 is 1.26 bits per heavy atom. The lowest BCUT2D eigenvalue weighted by Crippen LogP contribution is -2.60. The van der Waals surface area contributed by atoms with Crippen molar-refractivity contribution in [3.05, 3.63) is 11.6 Å². The number of ether oxygens (including phenoxy) is 4. The Morgan fingerprint density at radius 2 is 1.97 bits per heavy atom. The van der Waals surface area contributed by atoms with Crippen LogP contribution in [-0.2, 0) is 23.7 Å². The van der Waals surface area contributed by atoms with Crippen LogP contribution in [0.3, 0.4) is 0 Å².